The third kappa shape index (κ3) is 3.76. The number of thioether (sulfide) groups is 1. The zero-order valence-electron chi connectivity index (χ0n) is 9.81. The van der Waals surface area contributed by atoms with Gasteiger partial charge in [0.25, 0.3) is 0 Å². The summed E-state index contributed by atoms with van der Waals surface area (Å²) in [5.74, 6) is 1.24. The maximum atomic E-state index is 5.87. The van der Waals surface area contributed by atoms with Crippen LogP contribution < -0.4 is 11.1 Å². The van der Waals surface area contributed by atoms with Crippen molar-refractivity contribution in [3.8, 4) is 0 Å². The van der Waals surface area contributed by atoms with E-state index in [0.717, 1.165) is 23.1 Å². The average Bonchev–Trinajstić information content (AvgIpc) is 2.74. The second-order valence-electron chi connectivity index (χ2n) is 3.55. The highest BCUT2D eigenvalue weighted by Crippen LogP contribution is 2.22. The fourth-order valence-electron chi connectivity index (χ4n) is 1.42. The lowest BCUT2D eigenvalue weighted by molar-refractivity contribution is 0.952. The van der Waals surface area contributed by atoms with Crippen LogP contribution in [-0.4, -0.2) is 22.8 Å². The zero-order valence-corrected chi connectivity index (χ0v) is 12.2. The highest BCUT2D eigenvalue weighted by molar-refractivity contribution is 7.98. The second kappa shape index (κ2) is 6.26. The molecule has 2 heterocycles. The van der Waals surface area contributed by atoms with Crippen LogP contribution in [0.15, 0.2) is 23.4 Å². The van der Waals surface area contributed by atoms with Crippen molar-refractivity contribution >= 4 is 46.3 Å². The first-order valence-corrected chi connectivity index (χ1v) is 7.76. The fourth-order valence-corrected chi connectivity index (χ4v) is 2.90. The van der Waals surface area contributed by atoms with Gasteiger partial charge in [-0.1, -0.05) is 23.4 Å². The molecule has 0 bridgehead atoms. The molecule has 2 aromatic heterocycles. The number of hydrogen-bond donors (Lipinski definition) is 2. The summed E-state index contributed by atoms with van der Waals surface area (Å²) >= 11 is 8.95. The van der Waals surface area contributed by atoms with E-state index in [1.54, 1.807) is 17.4 Å². The summed E-state index contributed by atoms with van der Waals surface area (Å²) in [6, 6.07) is 5.69. The predicted molar refractivity (Wildman–Crippen MR) is 79.7 cm³/mol. The molecule has 18 heavy (non-hydrogen) atoms. The van der Waals surface area contributed by atoms with Crippen molar-refractivity contribution < 1.29 is 0 Å². The summed E-state index contributed by atoms with van der Waals surface area (Å²) in [7, 11) is 0. The molecule has 0 amide bonds. The number of nitrogens with two attached hydrogens (primary N) is 1. The van der Waals surface area contributed by atoms with Crippen LogP contribution in [0.3, 0.4) is 0 Å². The highest BCUT2D eigenvalue weighted by atomic mass is 35.5. The molecule has 0 saturated carbocycles. The van der Waals surface area contributed by atoms with E-state index in [4.69, 9.17) is 17.3 Å². The van der Waals surface area contributed by atoms with Crippen LogP contribution in [0.25, 0.3) is 0 Å². The van der Waals surface area contributed by atoms with Crippen molar-refractivity contribution in [1.82, 2.24) is 9.97 Å². The summed E-state index contributed by atoms with van der Waals surface area (Å²) in [6.45, 7) is 0.793. The van der Waals surface area contributed by atoms with E-state index < -0.39 is 0 Å². The number of anilines is 2. The van der Waals surface area contributed by atoms with Gasteiger partial charge < -0.3 is 11.1 Å². The first-order valence-electron chi connectivity index (χ1n) is 5.34. The summed E-state index contributed by atoms with van der Waals surface area (Å²) in [6.07, 6.45) is 2.84. The number of hydrogen-bond acceptors (Lipinski definition) is 6. The molecule has 7 heteroatoms. The molecule has 0 aromatic carbocycles. The average molecular weight is 301 g/mol. The Morgan fingerprint density at radius 1 is 1.44 bits per heavy atom. The number of halogens is 1. The van der Waals surface area contributed by atoms with Gasteiger partial charge in [0.05, 0.1) is 4.34 Å². The first kappa shape index (κ1) is 13.5. The minimum absolute atomic E-state index is 0.482. The van der Waals surface area contributed by atoms with Gasteiger partial charge >= 0.3 is 0 Å². The molecule has 2 rings (SSSR count). The smallest absolute Gasteiger partial charge is 0.191 e. The van der Waals surface area contributed by atoms with Crippen LogP contribution in [-0.2, 0) is 6.42 Å². The van der Waals surface area contributed by atoms with E-state index in [2.05, 4.69) is 15.3 Å². The second-order valence-corrected chi connectivity index (χ2v) is 6.12. The van der Waals surface area contributed by atoms with Gasteiger partial charge in [-0.25, -0.2) is 9.97 Å². The Bertz CT molecular complexity index is 530. The van der Waals surface area contributed by atoms with Crippen LogP contribution >= 0.6 is 34.7 Å². The zero-order chi connectivity index (χ0) is 13.0. The molecule has 0 aliphatic rings. The van der Waals surface area contributed by atoms with Crippen LogP contribution in [0.5, 0.6) is 0 Å². The number of nitrogens with zero attached hydrogens (tertiary/aromatic N) is 2. The van der Waals surface area contributed by atoms with Gasteiger partial charge in [-0.3, -0.25) is 0 Å². The van der Waals surface area contributed by atoms with E-state index in [9.17, 15) is 0 Å². The largest absolute Gasteiger partial charge is 0.383 e. The lowest BCUT2D eigenvalue weighted by Crippen LogP contribution is -2.07. The van der Waals surface area contributed by atoms with Crippen molar-refractivity contribution in [3.63, 3.8) is 0 Å². The number of aromatic nitrogens is 2. The van der Waals surface area contributed by atoms with Crippen LogP contribution in [0.4, 0.5) is 11.6 Å². The van der Waals surface area contributed by atoms with Gasteiger partial charge in [0.1, 0.15) is 11.6 Å². The molecular weight excluding hydrogens is 288 g/mol. The normalized spacial score (nSPS) is 10.6. The molecule has 0 unspecified atom stereocenters. The van der Waals surface area contributed by atoms with Crippen molar-refractivity contribution in [2.75, 3.05) is 23.9 Å². The minimum atomic E-state index is 0.482. The number of rotatable bonds is 5. The molecule has 0 aliphatic carbocycles. The van der Waals surface area contributed by atoms with Crippen molar-refractivity contribution in [2.45, 2.75) is 11.6 Å². The lowest BCUT2D eigenvalue weighted by Gasteiger charge is -2.06. The van der Waals surface area contributed by atoms with Crippen molar-refractivity contribution in [2.24, 2.45) is 0 Å². The lowest BCUT2D eigenvalue weighted by atomic mass is 10.3. The molecule has 3 N–H and O–H groups in total. The predicted octanol–water partition coefficient (Wildman–Crippen LogP) is 3.15. The first-order chi connectivity index (χ1) is 8.67. The molecule has 0 radical (unpaired) electrons. The van der Waals surface area contributed by atoms with Gasteiger partial charge in [-0.05, 0) is 24.8 Å². The Hall–Kier alpha value is -0.980. The molecule has 0 atom stereocenters. The molecular formula is C11H13ClN4S2. The van der Waals surface area contributed by atoms with E-state index in [1.165, 1.54) is 16.6 Å². The Morgan fingerprint density at radius 3 is 2.94 bits per heavy atom. The fraction of sp³-hybridized carbons (Fsp3) is 0.273. The Balaban J connectivity index is 1.91. The van der Waals surface area contributed by atoms with Crippen LogP contribution in [0, 0.1) is 0 Å². The Morgan fingerprint density at radius 2 is 2.28 bits per heavy atom. The van der Waals surface area contributed by atoms with E-state index in [1.807, 2.05) is 18.4 Å². The number of nitrogen functional groups attached to an aromatic ring is 1. The van der Waals surface area contributed by atoms with E-state index in [0.29, 0.717) is 11.0 Å². The van der Waals surface area contributed by atoms with Gasteiger partial charge in [0.15, 0.2) is 5.16 Å². The van der Waals surface area contributed by atoms with Crippen molar-refractivity contribution in [3.05, 3.63) is 27.4 Å². The van der Waals surface area contributed by atoms with Gasteiger partial charge in [0, 0.05) is 17.5 Å². The van der Waals surface area contributed by atoms with Crippen LogP contribution in [0.1, 0.15) is 4.88 Å². The molecule has 0 spiro atoms. The molecule has 4 nitrogen and oxygen atoms in total. The summed E-state index contributed by atoms with van der Waals surface area (Å²) in [5.41, 5.74) is 5.70. The third-order valence-corrected chi connectivity index (χ3v) is 4.05. The Kier molecular flexibility index (Phi) is 4.68. The maximum Gasteiger partial charge on any atom is 0.191 e. The number of nitrogens with one attached hydrogen (secondary N) is 1. The molecule has 96 valence electrons. The topological polar surface area (TPSA) is 63.8 Å². The Labute approximate surface area is 119 Å². The monoisotopic (exact) mass is 300 g/mol. The van der Waals surface area contributed by atoms with Gasteiger partial charge in [-0.2, -0.15) is 0 Å². The van der Waals surface area contributed by atoms with Gasteiger partial charge in [0.2, 0.25) is 0 Å². The summed E-state index contributed by atoms with van der Waals surface area (Å²) in [5, 5.41) is 3.91. The van der Waals surface area contributed by atoms with Crippen molar-refractivity contribution in [1.29, 1.82) is 0 Å². The highest BCUT2D eigenvalue weighted by Gasteiger charge is 2.02. The summed E-state index contributed by atoms with van der Waals surface area (Å²) < 4.78 is 0.820. The summed E-state index contributed by atoms with van der Waals surface area (Å²) in [4.78, 5) is 9.67. The quantitative estimate of drug-likeness (QED) is 0.656. The van der Waals surface area contributed by atoms with E-state index >= 15 is 0 Å². The van der Waals surface area contributed by atoms with Gasteiger partial charge in [-0.15, -0.1) is 11.3 Å². The van der Waals surface area contributed by atoms with E-state index in [-0.39, 0.29) is 0 Å². The van der Waals surface area contributed by atoms with Crippen LogP contribution in [0.2, 0.25) is 4.34 Å². The molecule has 0 aliphatic heterocycles. The third-order valence-electron chi connectivity index (χ3n) is 2.21. The minimum Gasteiger partial charge on any atom is -0.383 e. The molecule has 2 aromatic rings. The molecule has 0 fully saturated rings. The molecule has 0 saturated heterocycles. The SMILES string of the molecule is CSc1nc(N)cc(NCCc2ccc(Cl)s2)n1. The maximum absolute atomic E-state index is 5.87. The number of thiophene rings is 1. The standard InChI is InChI=1S/C11H13ClN4S2/c1-17-11-15-9(13)6-10(16-11)14-5-4-7-2-3-8(12)18-7/h2-3,6H,4-5H2,1H3,(H3,13,14,15,16).